The molecule has 0 bridgehead atoms. The van der Waals surface area contributed by atoms with Gasteiger partial charge in [0, 0.05) is 6.04 Å². The molecule has 1 nitrogen and oxygen atoms in total. The van der Waals surface area contributed by atoms with Gasteiger partial charge in [0.25, 0.3) is 0 Å². The van der Waals surface area contributed by atoms with Crippen molar-refractivity contribution in [2.45, 2.75) is 39.7 Å². The van der Waals surface area contributed by atoms with Crippen LogP contribution in [0.4, 0.5) is 0 Å². The Labute approximate surface area is 58.8 Å². The number of hydrogen-bond donors (Lipinski definition) is 1. The van der Waals surface area contributed by atoms with Gasteiger partial charge >= 0.3 is 0 Å². The van der Waals surface area contributed by atoms with Gasteiger partial charge in [0.15, 0.2) is 0 Å². The zero-order chi connectivity index (χ0) is 7.28. The SMILES string of the molecule is CC[C@H](CC(C)C)NC. The molecule has 9 heavy (non-hydrogen) atoms. The molecule has 0 heterocycles. The van der Waals surface area contributed by atoms with Crippen LogP contribution in [0, 0.1) is 5.92 Å². The Morgan fingerprint density at radius 1 is 1.33 bits per heavy atom. The Morgan fingerprint density at radius 3 is 2.00 bits per heavy atom. The van der Waals surface area contributed by atoms with E-state index in [1.54, 1.807) is 0 Å². The molecule has 56 valence electrons. The molecule has 0 aromatic heterocycles. The summed E-state index contributed by atoms with van der Waals surface area (Å²) in [5.74, 6) is 0.822. The van der Waals surface area contributed by atoms with Crippen LogP contribution in [0.25, 0.3) is 0 Å². The van der Waals surface area contributed by atoms with E-state index in [-0.39, 0.29) is 0 Å². The van der Waals surface area contributed by atoms with Crippen LogP contribution in [0.1, 0.15) is 33.6 Å². The smallest absolute Gasteiger partial charge is 0.00638 e. The highest BCUT2D eigenvalue weighted by Crippen LogP contribution is 2.06. The Kier molecular flexibility index (Phi) is 4.78. The molecule has 1 atom stereocenters. The fourth-order valence-corrected chi connectivity index (χ4v) is 1.06. The second kappa shape index (κ2) is 4.80. The Hall–Kier alpha value is -0.0400. The second-order valence-corrected chi connectivity index (χ2v) is 3.02. The first-order chi connectivity index (χ1) is 4.20. The quantitative estimate of drug-likeness (QED) is 0.612. The summed E-state index contributed by atoms with van der Waals surface area (Å²) in [6.45, 7) is 6.75. The van der Waals surface area contributed by atoms with Crippen molar-refractivity contribution in [3.8, 4) is 0 Å². The fourth-order valence-electron chi connectivity index (χ4n) is 1.06. The first-order valence-electron chi connectivity index (χ1n) is 3.88. The van der Waals surface area contributed by atoms with Crippen molar-refractivity contribution in [2.75, 3.05) is 7.05 Å². The zero-order valence-corrected chi connectivity index (χ0v) is 7.07. The highest BCUT2D eigenvalue weighted by molar-refractivity contribution is 4.63. The number of rotatable bonds is 4. The van der Waals surface area contributed by atoms with Crippen LogP contribution in [-0.4, -0.2) is 13.1 Å². The topological polar surface area (TPSA) is 12.0 Å². The lowest BCUT2D eigenvalue weighted by molar-refractivity contribution is 0.433. The molecule has 0 aliphatic rings. The maximum absolute atomic E-state index is 3.28. The minimum atomic E-state index is 0.727. The summed E-state index contributed by atoms with van der Waals surface area (Å²) in [5.41, 5.74) is 0. The van der Waals surface area contributed by atoms with Gasteiger partial charge in [0.1, 0.15) is 0 Å². The maximum atomic E-state index is 3.28. The van der Waals surface area contributed by atoms with Gasteiger partial charge in [-0.05, 0) is 25.8 Å². The van der Waals surface area contributed by atoms with E-state index in [0.29, 0.717) is 0 Å². The highest BCUT2D eigenvalue weighted by atomic mass is 14.9. The third-order valence-electron chi connectivity index (χ3n) is 1.66. The lowest BCUT2D eigenvalue weighted by Gasteiger charge is -2.15. The van der Waals surface area contributed by atoms with Crippen molar-refractivity contribution < 1.29 is 0 Å². The van der Waals surface area contributed by atoms with Gasteiger partial charge in [-0.15, -0.1) is 0 Å². The fraction of sp³-hybridized carbons (Fsp3) is 1.00. The number of hydrogen-bond acceptors (Lipinski definition) is 1. The lowest BCUT2D eigenvalue weighted by atomic mass is 10.0. The molecule has 0 spiro atoms. The normalized spacial score (nSPS) is 14.3. The van der Waals surface area contributed by atoms with E-state index in [0.717, 1.165) is 12.0 Å². The van der Waals surface area contributed by atoms with Crippen molar-refractivity contribution in [2.24, 2.45) is 5.92 Å². The molecule has 0 fully saturated rings. The molecule has 0 aromatic carbocycles. The van der Waals surface area contributed by atoms with E-state index >= 15 is 0 Å². The van der Waals surface area contributed by atoms with E-state index in [1.807, 2.05) is 7.05 Å². The average molecular weight is 129 g/mol. The summed E-state index contributed by atoms with van der Waals surface area (Å²) in [7, 11) is 2.04. The van der Waals surface area contributed by atoms with E-state index in [1.165, 1.54) is 12.8 Å². The van der Waals surface area contributed by atoms with Crippen LogP contribution >= 0.6 is 0 Å². The molecule has 0 aromatic rings. The molecule has 0 saturated heterocycles. The number of nitrogens with one attached hydrogen (secondary N) is 1. The van der Waals surface area contributed by atoms with Crippen molar-refractivity contribution in [3.63, 3.8) is 0 Å². The van der Waals surface area contributed by atoms with E-state index < -0.39 is 0 Å². The predicted molar refractivity (Wildman–Crippen MR) is 42.6 cm³/mol. The van der Waals surface area contributed by atoms with Gasteiger partial charge in [-0.25, -0.2) is 0 Å². The molecule has 0 amide bonds. The molecule has 1 heteroatoms. The van der Waals surface area contributed by atoms with Crippen molar-refractivity contribution in [3.05, 3.63) is 0 Å². The van der Waals surface area contributed by atoms with Gasteiger partial charge in [0.2, 0.25) is 0 Å². The molecule has 0 rings (SSSR count). The van der Waals surface area contributed by atoms with Gasteiger partial charge in [-0.1, -0.05) is 20.8 Å². The largest absolute Gasteiger partial charge is 0.317 e. The summed E-state index contributed by atoms with van der Waals surface area (Å²) >= 11 is 0. The molecule has 1 N–H and O–H groups in total. The molecular formula is C8H19N. The van der Waals surface area contributed by atoms with Gasteiger partial charge in [-0.3, -0.25) is 0 Å². The molecule has 0 aliphatic carbocycles. The average Bonchev–Trinajstić information content (AvgIpc) is 1.82. The van der Waals surface area contributed by atoms with Gasteiger partial charge in [-0.2, -0.15) is 0 Å². The molecule has 0 aliphatic heterocycles. The van der Waals surface area contributed by atoms with Crippen LogP contribution in [-0.2, 0) is 0 Å². The first-order valence-corrected chi connectivity index (χ1v) is 3.88. The van der Waals surface area contributed by atoms with Crippen LogP contribution < -0.4 is 5.32 Å². The predicted octanol–water partition coefficient (Wildman–Crippen LogP) is 2.03. The summed E-state index contributed by atoms with van der Waals surface area (Å²) in [5, 5.41) is 3.28. The third-order valence-corrected chi connectivity index (χ3v) is 1.66. The van der Waals surface area contributed by atoms with E-state index in [2.05, 4.69) is 26.1 Å². The molecule has 0 unspecified atom stereocenters. The zero-order valence-electron chi connectivity index (χ0n) is 7.07. The van der Waals surface area contributed by atoms with Crippen LogP contribution in [0.15, 0.2) is 0 Å². The first kappa shape index (κ1) is 8.96. The lowest BCUT2D eigenvalue weighted by Crippen LogP contribution is -2.25. The maximum Gasteiger partial charge on any atom is 0.00638 e. The third kappa shape index (κ3) is 4.46. The van der Waals surface area contributed by atoms with Crippen LogP contribution in [0.2, 0.25) is 0 Å². The molecule has 0 saturated carbocycles. The minimum Gasteiger partial charge on any atom is -0.317 e. The summed E-state index contributed by atoms with van der Waals surface area (Å²) in [4.78, 5) is 0. The monoisotopic (exact) mass is 129 g/mol. The van der Waals surface area contributed by atoms with E-state index in [9.17, 15) is 0 Å². The highest BCUT2D eigenvalue weighted by Gasteiger charge is 2.03. The van der Waals surface area contributed by atoms with Crippen molar-refractivity contribution in [1.29, 1.82) is 0 Å². The van der Waals surface area contributed by atoms with Crippen LogP contribution in [0.5, 0.6) is 0 Å². The second-order valence-electron chi connectivity index (χ2n) is 3.02. The summed E-state index contributed by atoms with van der Waals surface area (Å²) < 4.78 is 0. The summed E-state index contributed by atoms with van der Waals surface area (Å²) in [6.07, 6.45) is 2.54. The summed E-state index contributed by atoms with van der Waals surface area (Å²) in [6, 6.07) is 0.727. The van der Waals surface area contributed by atoms with Crippen molar-refractivity contribution in [1.82, 2.24) is 5.32 Å². The standard InChI is InChI=1S/C8H19N/c1-5-8(9-4)6-7(2)3/h7-9H,5-6H2,1-4H3/t8-/m1/s1. The molecular weight excluding hydrogens is 110 g/mol. The Balaban J connectivity index is 3.31. The van der Waals surface area contributed by atoms with Gasteiger partial charge in [0.05, 0.1) is 0 Å². The van der Waals surface area contributed by atoms with Gasteiger partial charge < -0.3 is 5.32 Å². The van der Waals surface area contributed by atoms with E-state index in [4.69, 9.17) is 0 Å². The minimum absolute atomic E-state index is 0.727. The Bertz CT molecular complexity index is 55.6. The Morgan fingerprint density at radius 2 is 1.89 bits per heavy atom. The van der Waals surface area contributed by atoms with Crippen LogP contribution in [0.3, 0.4) is 0 Å². The molecule has 0 radical (unpaired) electrons. The van der Waals surface area contributed by atoms with Crippen molar-refractivity contribution >= 4 is 0 Å².